The quantitative estimate of drug-likeness (QED) is 0.179. The van der Waals surface area contributed by atoms with Gasteiger partial charge in [0.15, 0.2) is 5.69 Å². The topological polar surface area (TPSA) is 144 Å². The van der Waals surface area contributed by atoms with Crippen LogP contribution in [0.2, 0.25) is 0 Å². The van der Waals surface area contributed by atoms with E-state index < -0.39 is 11.9 Å². The van der Waals surface area contributed by atoms with Crippen molar-refractivity contribution in [1.82, 2.24) is 10.3 Å². The third-order valence-corrected chi connectivity index (χ3v) is 10.8. The minimum absolute atomic E-state index is 0.0408. The first-order valence-electron chi connectivity index (χ1n) is 15.8. The lowest BCUT2D eigenvalue weighted by Gasteiger charge is -2.46. The maximum atomic E-state index is 14.1. The summed E-state index contributed by atoms with van der Waals surface area (Å²) in [5.41, 5.74) is 10.5. The van der Waals surface area contributed by atoms with Gasteiger partial charge in [-0.1, -0.05) is 12.1 Å². The van der Waals surface area contributed by atoms with Crippen LogP contribution in [-0.2, 0) is 13.0 Å². The zero-order valence-corrected chi connectivity index (χ0v) is 26.5. The van der Waals surface area contributed by atoms with Crippen molar-refractivity contribution in [3.8, 4) is 27.3 Å². The van der Waals surface area contributed by atoms with Gasteiger partial charge in [0.2, 0.25) is 0 Å². The third-order valence-electron chi connectivity index (χ3n) is 9.85. The van der Waals surface area contributed by atoms with Crippen LogP contribution in [0.3, 0.4) is 0 Å². The summed E-state index contributed by atoms with van der Waals surface area (Å²) in [6, 6.07) is 14.3. The number of aromatic nitrogens is 1. The second-order valence-electron chi connectivity index (χ2n) is 12.7. The molecular formula is C36H36N4O5S. The van der Waals surface area contributed by atoms with Crippen molar-refractivity contribution in [2.24, 2.45) is 11.7 Å². The normalized spacial score (nSPS) is 19.7. The summed E-state index contributed by atoms with van der Waals surface area (Å²) in [6.07, 6.45) is 6.81. The molecule has 3 fully saturated rings. The van der Waals surface area contributed by atoms with Gasteiger partial charge in [0, 0.05) is 51.3 Å². The van der Waals surface area contributed by atoms with Crippen LogP contribution in [0.25, 0.3) is 21.6 Å². The second-order valence-corrected chi connectivity index (χ2v) is 13.6. The summed E-state index contributed by atoms with van der Waals surface area (Å²) >= 11 is 1.57. The predicted molar refractivity (Wildman–Crippen MR) is 178 cm³/mol. The number of nitrogens with one attached hydrogen (secondary N) is 2. The number of pyridine rings is 1. The summed E-state index contributed by atoms with van der Waals surface area (Å²) in [6.45, 7) is 2.72. The highest BCUT2D eigenvalue weighted by Gasteiger charge is 2.41. The van der Waals surface area contributed by atoms with E-state index in [9.17, 15) is 19.5 Å². The number of aromatic carboxylic acids is 1. The van der Waals surface area contributed by atoms with Gasteiger partial charge in [-0.15, -0.1) is 11.3 Å². The number of nitrogens with zero attached hydrogens (tertiary/aromatic N) is 1. The second kappa shape index (κ2) is 12.0. The van der Waals surface area contributed by atoms with E-state index in [0.29, 0.717) is 36.6 Å². The molecule has 5 N–H and O–H groups in total. The number of amides is 2. The number of thiophene rings is 1. The first-order valence-corrected chi connectivity index (χ1v) is 16.7. The Kier molecular flexibility index (Phi) is 7.86. The number of rotatable bonds is 7. The van der Waals surface area contributed by atoms with E-state index in [1.807, 2.05) is 30.5 Å². The van der Waals surface area contributed by atoms with Gasteiger partial charge in [0.05, 0.1) is 6.61 Å². The molecule has 1 aliphatic heterocycles. The molecule has 4 aromatic rings. The minimum atomic E-state index is -1.29. The highest BCUT2D eigenvalue weighted by molar-refractivity contribution is 7.13. The lowest BCUT2D eigenvalue weighted by atomic mass is 9.66. The molecule has 2 bridgehead atoms. The van der Waals surface area contributed by atoms with Crippen molar-refractivity contribution in [2.75, 3.05) is 11.9 Å². The number of fused-ring (bicyclic) bond motifs is 6. The van der Waals surface area contributed by atoms with Crippen LogP contribution >= 0.6 is 11.3 Å². The zero-order chi connectivity index (χ0) is 32.0. The smallest absolute Gasteiger partial charge is 0.355 e. The number of aryl methyl sites for hydroxylation is 1. The molecule has 2 amide bonds. The van der Waals surface area contributed by atoms with Crippen LogP contribution in [0.1, 0.15) is 86.6 Å². The van der Waals surface area contributed by atoms with Gasteiger partial charge < -0.3 is 26.2 Å². The zero-order valence-electron chi connectivity index (χ0n) is 25.7. The maximum Gasteiger partial charge on any atom is 0.355 e. The number of hydrogen-bond donors (Lipinski definition) is 4. The van der Waals surface area contributed by atoms with Gasteiger partial charge in [-0.05, 0) is 110 Å². The molecule has 0 atom stereocenters. The number of carboxylic acid groups (broad SMARTS) is 1. The van der Waals surface area contributed by atoms with Crippen molar-refractivity contribution < 1.29 is 24.2 Å². The fourth-order valence-electron chi connectivity index (χ4n) is 7.22. The Balaban J connectivity index is 1.31. The molecule has 236 valence electrons. The highest BCUT2D eigenvalue weighted by atomic mass is 32.1. The summed E-state index contributed by atoms with van der Waals surface area (Å²) in [5, 5.41) is 18.6. The Bertz CT molecular complexity index is 1860. The molecule has 0 saturated heterocycles. The van der Waals surface area contributed by atoms with Crippen molar-refractivity contribution >= 4 is 34.8 Å². The van der Waals surface area contributed by atoms with Crippen molar-refractivity contribution in [2.45, 2.75) is 64.0 Å². The third kappa shape index (κ3) is 5.56. The Morgan fingerprint density at radius 2 is 1.78 bits per heavy atom. The van der Waals surface area contributed by atoms with Gasteiger partial charge in [-0.3, -0.25) is 9.59 Å². The molecule has 46 heavy (non-hydrogen) atoms. The van der Waals surface area contributed by atoms with Crippen molar-refractivity contribution in [3.63, 3.8) is 0 Å². The number of anilines is 1. The molecule has 3 aliphatic carbocycles. The Hall–Kier alpha value is -4.54. The van der Waals surface area contributed by atoms with E-state index in [4.69, 9.17) is 10.5 Å². The van der Waals surface area contributed by atoms with E-state index in [0.717, 1.165) is 71.6 Å². The number of benzene rings is 2. The molecule has 0 unspecified atom stereocenters. The lowest BCUT2D eigenvalue weighted by Crippen LogP contribution is -2.53. The summed E-state index contributed by atoms with van der Waals surface area (Å²) in [7, 11) is 0. The molecule has 0 radical (unpaired) electrons. The van der Waals surface area contributed by atoms with E-state index in [1.54, 1.807) is 35.6 Å². The van der Waals surface area contributed by atoms with Crippen LogP contribution < -0.4 is 21.1 Å². The predicted octanol–water partition coefficient (Wildman–Crippen LogP) is 6.58. The van der Waals surface area contributed by atoms with Crippen LogP contribution in [0.15, 0.2) is 53.9 Å². The number of carbonyl (C=O) groups is 3. The summed E-state index contributed by atoms with van der Waals surface area (Å²) in [5.74, 6) is -0.779. The molecule has 9 nitrogen and oxygen atoms in total. The van der Waals surface area contributed by atoms with Crippen molar-refractivity contribution in [1.29, 1.82) is 0 Å². The number of carboxylic acids is 1. The SMILES string of the molecule is Cc1cc(CN)ccc1NC(=O)c1cc2c(cc1-c1ccc(C(=O)NC34CCC(CC3)CC4)nc1C(=O)O)OCCc1ccsc1-2. The van der Waals surface area contributed by atoms with E-state index in [2.05, 4.69) is 21.7 Å². The highest BCUT2D eigenvalue weighted by Crippen LogP contribution is 2.45. The fraction of sp³-hybridized carbons (Fsp3) is 0.333. The molecule has 0 spiro atoms. The largest absolute Gasteiger partial charge is 0.493 e. The molecule has 8 rings (SSSR count). The molecule has 2 aromatic heterocycles. The minimum Gasteiger partial charge on any atom is -0.493 e. The molecule has 3 saturated carbocycles. The Morgan fingerprint density at radius 3 is 2.50 bits per heavy atom. The van der Waals surface area contributed by atoms with Crippen LogP contribution in [-0.4, -0.2) is 40.0 Å². The van der Waals surface area contributed by atoms with Gasteiger partial charge in [0.1, 0.15) is 11.4 Å². The molecular weight excluding hydrogens is 600 g/mol. The van der Waals surface area contributed by atoms with Gasteiger partial charge >= 0.3 is 5.97 Å². The van der Waals surface area contributed by atoms with E-state index in [1.165, 1.54) is 0 Å². The van der Waals surface area contributed by atoms with Crippen LogP contribution in [0.5, 0.6) is 5.75 Å². The van der Waals surface area contributed by atoms with Crippen LogP contribution in [0.4, 0.5) is 5.69 Å². The lowest BCUT2D eigenvalue weighted by molar-refractivity contribution is 0.0690. The molecule has 3 heterocycles. The monoisotopic (exact) mass is 636 g/mol. The average molecular weight is 637 g/mol. The van der Waals surface area contributed by atoms with Crippen molar-refractivity contribution in [3.05, 3.63) is 87.6 Å². The number of nitrogens with two attached hydrogens (primary N) is 1. The van der Waals surface area contributed by atoms with Gasteiger partial charge in [-0.25, -0.2) is 9.78 Å². The Morgan fingerprint density at radius 1 is 1.00 bits per heavy atom. The van der Waals surface area contributed by atoms with Gasteiger partial charge in [0.25, 0.3) is 11.8 Å². The molecule has 10 heteroatoms. The standard InChI is InChI=1S/C36H36N4O5S/c1-20-16-22(19-37)2-4-28(20)39-33(41)26-17-27-30(45-14-9-23-10-15-46-32(23)27)18-25(26)24-3-5-29(38-31(24)35(43)44)34(42)40-36-11-6-21(7-12-36)8-13-36/h2-5,10,15-18,21H,6-9,11-14,19,37H2,1H3,(H,39,41)(H,40,42)(H,43,44). The van der Waals surface area contributed by atoms with Crippen LogP contribution in [0, 0.1) is 12.8 Å². The fourth-order valence-corrected chi connectivity index (χ4v) is 8.19. The number of ether oxygens (including phenoxy) is 1. The molecule has 4 aliphatic rings. The summed E-state index contributed by atoms with van der Waals surface area (Å²) in [4.78, 5) is 45.6. The first kappa shape index (κ1) is 30.1. The number of hydrogen-bond acceptors (Lipinski definition) is 7. The number of carbonyl (C=O) groups excluding carboxylic acids is 2. The summed E-state index contributed by atoms with van der Waals surface area (Å²) < 4.78 is 6.15. The van der Waals surface area contributed by atoms with E-state index >= 15 is 0 Å². The average Bonchev–Trinajstić information content (AvgIpc) is 3.47. The Labute approximate surface area is 271 Å². The van der Waals surface area contributed by atoms with E-state index in [-0.39, 0.29) is 34.0 Å². The molecule has 2 aromatic carbocycles. The van der Waals surface area contributed by atoms with Gasteiger partial charge in [-0.2, -0.15) is 0 Å². The maximum absolute atomic E-state index is 14.1. The first-order chi connectivity index (χ1) is 22.2.